The van der Waals surface area contributed by atoms with E-state index < -0.39 is 0 Å². The molecular formula is C11H15ClN4O. The summed E-state index contributed by atoms with van der Waals surface area (Å²) in [6.45, 7) is 0.706. The first-order chi connectivity index (χ1) is 8.20. The van der Waals surface area contributed by atoms with Crippen molar-refractivity contribution in [2.24, 2.45) is 11.8 Å². The maximum absolute atomic E-state index is 11.7. The molecule has 0 bridgehead atoms. The second-order valence-corrected chi connectivity index (χ2v) is 4.59. The lowest BCUT2D eigenvalue weighted by Crippen LogP contribution is -2.25. The third kappa shape index (κ3) is 3.31. The van der Waals surface area contributed by atoms with Crippen LogP contribution in [-0.2, 0) is 0 Å². The Hall–Kier alpha value is -1.33. The summed E-state index contributed by atoms with van der Waals surface area (Å²) in [7, 11) is 0. The van der Waals surface area contributed by atoms with Gasteiger partial charge in [0.25, 0.3) is 5.91 Å². The zero-order valence-electron chi connectivity index (χ0n) is 9.37. The van der Waals surface area contributed by atoms with Crippen molar-refractivity contribution in [2.75, 3.05) is 12.0 Å². The summed E-state index contributed by atoms with van der Waals surface area (Å²) in [6, 6.07) is 1.55. The number of nitrogens with zero attached hydrogens (tertiary/aromatic N) is 1. The van der Waals surface area contributed by atoms with E-state index in [9.17, 15) is 4.79 Å². The first-order valence-corrected chi connectivity index (χ1v) is 5.99. The van der Waals surface area contributed by atoms with E-state index in [1.54, 1.807) is 6.07 Å². The summed E-state index contributed by atoms with van der Waals surface area (Å²) in [5, 5.41) is 3.18. The Morgan fingerprint density at radius 2 is 2.35 bits per heavy atom. The van der Waals surface area contributed by atoms with Crippen LogP contribution in [0.25, 0.3) is 0 Å². The molecular weight excluding hydrogens is 240 g/mol. The molecule has 1 aromatic rings. The van der Waals surface area contributed by atoms with E-state index in [0.717, 1.165) is 12.3 Å². The molecule has 0 radical (unpaired) electrons. The van der Waals surface area contributed by atoms with Crippen LogP contribution >= 0.6 is 11.6 Å². The van der Waals surface area contributed by atoms with E-state index >= 15 is 0 Å². The number of carbonyl (C=O) groups excluding carboxylic acids is 1. The highest BCUT2D eigenvalue weighted by atomic mass is 35.5. The largest absolute Gasteiger partial charge is 0.352 e. The van der Waals surface area contributed by atoms with Crippen LogP contribution in [-0.4, -0.2) is 17.4 Å². The Kier molecular flexibility index (Phi) is 3.81. The average molecular weight is 255 g/mol. The van der Waals surface area contributed by atoms with Crippen LogP contribution in [0.4, 0.5) is 5.82 Å². The predicted octanol–water partition coefficient (Wildman–Crippen LogP) is 1.55. The summed E-state index contributed by atoms with van der Waals surface area (Å²) in [6.07, 6.45) is 5.09. The van der Waals surface area contributed by atoms with Crippen molar-refractivity contribution in [1.82, 2.24) is 10.3 Å². The van der Waals surface area contributed by atoms with Gasteiger partial charge in [-0.25, -0.2) is 10.8 Å². The van der Waals surface area contributed by atoms with Gasteiger partial charge in [0.05, 0.1) is 10.6 Å². The van der Waals surface area contributed by atoms with E-state index in [0.29, 0.717) is 22.9 Å². The topological polar surface area (TPSA) is 80.0 Å². The summed E-state index contributed by atoms with van der Waals surface area (Å²) in [4.78, 5) is 15.7. The van der Waals surface area contributed by atoms with Gasteiger partial charge in [-0.15, -0.1) is 0 Å². The van der Waals surface area contributed by atoms with Crippen molar-refractivity contribution in [1.29, 1.82) is 0 Å². The van der Waals surface area contributed by atoms with Crippen LogP contribution in [0, 0.1) is 5.92 Å². The van der Waals surface area contributed by atoms with Crippen LogP contribution in [0.1, 0.15) is 29.6 Å². The normalized spacial score (nSPS) is 14.5. The van der Waals surface area contributed by atoms with Crippen LogP contribution in [0.15, 0.2) is 12.3 Å². The van der Waals surface area contributed by atoms with Crippen LogP contribution in [0.5, 0.6) is 0 Å². The molecule has 0 aliphatic heterocycles. The number of anilines is 1. The molecule has 17 heavy (non-hydrogen) atoms. The van der Waals surface area contributed by atoms with Crippen molar-refractivity contribution in [3.05, 3.63) is 22.8 Å². The molecule has 1 aliphatic carbocycles. The number of rotatable bonds is 5. The molecule has 0 unspecified atom stereocenters. The van der Waals surface area contributed by atoms with Crippen molar-refractivity contribution < 1.29 is 4.79 Å². The molecule has 1 saturated carbocycles. The van der Waals surface area contributed by atoms with Crippen molar-refractivity contribution in [2.45, 2.75) is 19.3 Å². The van der Waals surface area contributed by atoms with Crippen LogP contribution in [0.2, 0.25) is 5.02 Å². The highest BCUT2D eigenvalue weighted by molar-refractivity contribution is 6.33. The average Bonchev–Trinajstić information content (AvgIpc) is 3.13. The maximum atomic E-state index is 11.7. The Bertz CT molecular complexity index is 420. The Labute approximate surface area is 105 Å². The Morgan fingerprint density at radius 1 is 1.59 bits per heavy atom. The summed E-state index contributed by atoms with van der Waals surface area (Å²) < 4.78 is 0. The number of aromatic nitrogens is 1. The molecule has 1 heterocycles. The zero-order chi connectivity index (χ0) is 12.3. The lowest BCUT2D eigenvalue weighted by atomic mass is 10.2. The van der Waals surface area contributed by atoms with Crippen LogP contribution < -0.4 is 16.6 Å². The third-order valence-corrected chi connectivity index (χ3v) is 3.06. The number of carbonyl (C=O) groups is 1. The van der Waals surface area contributed by atoms with E-state index in [-0.39, 0.29) is 5.91 Å². The van der Waals surface area contributed by atoms with Gasteiger partial charge in [-0.1, -0.05) is 24.4 Å². The fourth-order valence-corrected chi connectivity index (χ4v) is 1.79. The van der Waals surface area contributed by atoms with Gasteiger partial charge in [-0.3, -0.25) is 4.79 Å². The highest BCUT2D eigenvalue weighted by Crippen LogP contribution is 2.31. The van der Waals surface area contributed by atoms with E-state index in [1.165, 1.54) is 19.0 Å². The monoisotopic (exact) mass is 254 g/mol. The smallest absolute Gasteiger partial charge is 0.252 e. The van der Waals surface area contributed by atoms with Crippen LogP contribution in [0.3, 0.4) is 0 Å². The Morgan fingerprint density at radius 3 is 2.94 bits per heavy atom. The molecule has 2 rings (SSSR count). The van der Waals surface area contributed by atoms with Crippen molar-refractivity contribution in [3.8, 4) is 0 Å². The number of hydrazine groups is 1. The summed E-state index contributed by atoms with van der Waals surface area (Å²) in [5.41, 5.74) is 2.80. The number of hydrogen-bond acceptors (Lipinski definition) is 4. The van der Waals surface area contributed by atoms with Gasteiger partial charge in [0.1, 0.15) is 0 Å². The minimum Gasteiger partial charge on any atom is -0.352 e. The van der Waals surface area contributed by atoms with Crippen molar-refractivity contribution >= 4 is 23.3 Å². The number of amides is 1. The fourth-order valence-electron chi connectivity index (χ4n) is 1.57. The molecule has 0 aromatic carbocycles. The molecule has 1 fully saturated rings. The highest BCUT2D eigenvalue weighted by Gasteiger charge is 2.20. The molecule has 4 N–H and O–H groups in total. The minimum atomic E-state index is -0.149. The first-order valence-electron chi connectivity index (χ1n) is 5.61. The quantitative estimate of drug-likeness (QED) is 0.550. The molecule has 92 valence electrons. The van der Waals surface area contributed by atoms with E-state index in [2.05, 4.69) is 15.7 Å². The second kappa shape index (κ2) is 5.33. The van der Waals surface area contributed by atoms with Gasteiger partial charge < -0.3 is 10.7 Å². The number of halogens is 1. The standard InChI is InChI=1S/C11H15ClN4O/c12-9-5-8(6-15-10(9)16-13)11(17)14-4-3-7-1-2-7/h5-7H,1-4,13H2,(H,14,17)(H,15,16). The fraction of sp³-hybridized carbons (Fsp3) is 0.455. The van der Waals surface area contributed by atoms with Gasteiger partial charge in [0.15, 0.2) is 5.82 Å². The molecule has 0 saturated heterocycles. The number of nitrogens with one attached hydrogen (secondary N) is 2. The lowest BCUT2D eigenvalue weighted by Gasteiger charge is -2.06. The van der Waals surface area contributed by atoms with Crippen molar-refractivity contribution in [3.63, 3.8) is 0 Å². The summed E-state index contributed by atoms with van der Waals surface area (Å²) >= 11 is 5.88. The lowest BCUT2D eigenvalue weighted by molar-refractivity contribution is 0.0952. The third-order valence-electron chi connectivity index (χ3n) is 2.78. The number of pyridine rings is 1. The number of nitrogen functional groups attached to an aromatic ring is 1. The molecule has 1 aromatic heterocycles. The summed E-state index contributed by atoms with van der Waals surface area (Å²) in [5.74, 6) is 6.22. The number of nitrogens with two attached hydrogens (primary N) is 1. The minimum absolute atomic E-state index is 0.149. The molecule has 1 aliphatic rings. The van der Waals surface area contributed by atoms with E-state index in [1.807, 2.05) is 0 Å². The SMILES string of the molecule is NNc1ncc(C(=O)NCCC2CC2)cc1Cl. The molecule has 6 heteroatoms. The van der Waals surface area contributed by atoms with Gasteiger partial charge in [-0.05, 0) is 18.4 Å². The second-order valence-electron chi connectivity index (χ2n) is 4.19. The van der Waals surface area contributed by atoms with Gasteiger partial charge >= 0.3 is 0 Å². The Balaban J connectivity index is 1.90. The first kappa shape index (κ1) is 12.1. The predicted molar refractivity (Wildman–Crippen MR) is 66.7 cm³/mol. The molecule has 5 nitrogen and oxygen atoms in total. The molecule has 0 atom stereocenters. The van der Waals surface area contributed by atoms with E-state index in [4.69, 9.17) is 17.4 Å². The maximum Gasteiger partial charge on any atom is 0.252 e. The number of hydrogen-bond donors (Lipinski definition) is 3. The van der Waals surface area contributed by atoms with Gasteiger partial charge in [-0.2, -0.15) is 0 Å². The van der Waals surface area contributed by atoms with Gasteiger partial charge in [0, 0.05) is 12.7 Å². The molecule has 1 amide bonds. The molecule has 0 spiro atoms. The zero-order valence-corrected chi connectivity index (χ0v) is 10.1. The van der Waals surface area contributed by atoms with Gasteiger partial charge in [0.2, 0.25) is 0 Å².